The number of aryl methyl sites for hydroxylation is 2. The van der Waals surface area contributed by atoms with Crippen LogP contribution in [0.15, 0.2) is 24.3 Å². The van der Waals surface area contributed by atoms with Crippen LogP contribution in [0.25, 0.3) is 0 Å². The van der Waals surface area contributed by atoms with Crippen molar-refractivity contribution in [1.82, 2.24) is 14.8 Å². The average molecular weight is 255 g/mol. The number of benzene rings is 1. The minimum atomic E-state index is -0.205. The van der Waals surface area contributed by atoms with E-state index in [2.05, 4.69) is 15.4 Å². The molecular weight excluding hydrogens is 242 g/mol. The fourth-order valence-corrected chi connectivity index (χ4v) is 1.71. The van der Waals surface area contributed by atoms with E-state index in [1.54, 1.807) is 42.8 Å². The molecule has 0 saturated heterocycles. The second kappa shape index (κ2) is 5.31. The number of anilines is 1. The first kappa shape index (κ1) is 12.8. The number of carbonyl (C=O) groups excluding carboxylic acids is 1. The monoisotopic (exact) mass is 255 g/mol. The third-order valence-electron chi connectivity index (χ3n) is 2.53. The molecule has 19 heavy (non-hydrogen) atoms. The van der Waals surface area contributed by atoms with E-state index < -0.39 is 0 Å². The zero-order valence-corrected chi connectivity index (χ0v) is 10.7. The van der Waals surface area contributed by atoms with Gasteiger partial charge < -0.3 is 5.32 Å². The maximum absolute atomic E-state index is 11.9. The van der Waals surface area contributed by atoms with Crippen LogP contribution in [0.5, 0.6) is 0 Å². The third kappa shape index (κ3) is 3.16. The van der Waals surface area contributed by atoms with Crippen LogP contribution in [0.1, 0.15) is 17.2 Å². The Morgan fingerprint density at radius 1 is 1.47 bits per heavy atom. The summed E-state index contributed by atoms with van der Waals surface area (Å²) in [5.41, 5.74) is 1.10. The van der Waals surface area contributed by atoms with Gasteiger partial charge in [0.1, 0.15) is 18.2 Å². The predicted octanol–water partition coefficient (Wildman–Crippen LogP) is 1.41. The Hall–Kier alpha value is -2.68. The molecule has 0 aliphatic carbocycles. The summed E-state index contributed by atoms with van der Waals surface area (Å²) >= 11 is 0. The molecule has 1 amide bonds. The predicted molar refractivity (Wildman–Crippen MR) is 69.3 cm³/mol. The summed E-state index contributed by atoms with van der Waals surface area (Å²) in [6.45, 7) is 3.67. The Labute approximate surface area is 110 Å². The highest BCUT2D eigenvalue weighted by atomic mass is 16.2. The Morgan fingerprint density at radius 3 is 2.89 bits per heavy atom. The first-order valence-electron chi connectivity index (χ1n) is 5.76. The number of nitrogens with zero attached hydrogens (tertiary/aromatic N) is 4. The van der Waals surface area contributed by atoms with E-state index in [0.29, 0.717) is 22.9 Å². The second-order valence-corrected chi connectivity index (χ2v) is 4.10. The van der Waals surface area contributed by atoms with E-state index in [4.69, 9.17) is 5.26 Å². The Morgan fingerprint density at radius 2 is 2.26 bits per heavy atom. The largest absolute Gasteiger partial charge is 0.324 e. The van der Waals surface area contributed by atoms with E-state index in [9.17, 15) is 4.79 Å². The van der Waals surface area contributed by atoms with Gasteiger partial charge in [0.2, 0.25) is 5.91 Å². The fourth-order valence-electron chi connectivity index (χ4n) is 1.71. The van der Waals surface area contributed by atoms with Crippen molar-refractivity contribution >= 4 is 11.6 Å². The Balaban J connectivity index is 2.05. The van der Waals surface area contributed by atoms with Crippen molar-refractivity contribution in [1.29, 1.82) is 5.26 Å². The quantitative estimate of drug-likeness (QED) is 0.898. The number of nitriles is 1. The molecule has 2 aromatic rings. The van der Waals surface area contributed by atoms with Gasteiger partial charge in [-0.15, -0.1) is 0 Å². The normalized spacial score (nSPS) is 9.95. The number of hydrogen-bond donors (Lipinski definition) is 1. The summed E-state index contributed by atoms with van der Waals surface area (Å²) in [4.78, 5) is 16.0. The molecule has 0 unspecified atom stereocenters. The van der Waals surface area contributed by atoms with Gasteiger partial charge in [-0.25, -0.2) is 9.67 Å². The van der Waals surface area contributed by atoms with Gasteiger partial charge in [0, 0.05) is 5.69 Å². The molecule has 6 heteroatoms. The summed E-state index contributed by atoms with van der Waals surface area (Å²) in [6, 6.07) is 8.78. The number of rotatable bonds is 3. The van der Waals surface area contributed by atoms with Crippen LogP contribution in [0.4, 0.5) is 5.69 Å². The number of nitrogens with one attached hydrogen (secondary N) is 1. The molecule has 96 valence electrons. The zero-order chi connectivity index (χ0) is 13.8. The van der Waals surface area contributed by atoms with E-state index in [0.717, 1.165) is 0 Å². The molecule has 6 nitrogen and oxygen atoms in total. The molecule has 0 aliphatic rings. The van der Waals surface area contributed by atoms with E-state index in [1.165, 1.54) is 0 Å². The van der Waals surface area contributed by atoms with Crippen LogP contribution in [-0.4, -0.2) is 20.7 Å². The molecule has 1 aromatic carbocycles. The highest BCUT2D eigenvalue weighted by Crippen LogP contribution is 2.09. The van der Waals surface area contributed by atoms with Gasteiger partial charge in [-0.1, -0.05) is 6.07 Å². The highest BCUT2D eigenvalue weighted by Gasteiger charge is 2.08. The molecule has 2 rings (SSSR count). The standard InChI is InChI=1S/C13H13N5O/c1-9-15-10(2)18(17-9)8-13(19)16-12-5-3-4-11(6-12)7-14/h3-6H,8H2,1-2H3,(H,16,19). The summed E-state index contributed by atoms with van der Waals surface area (Å²) in [5.74, 6) is 1.12. The van der Waals surface area contributed by atoms with Crippen molar-refractivity contribution < 1.29 is 4.79 Å². The second-order valence-electron chi connectivity index (χ2n) is 4.10. The molecule has 1 heterocycles. The van der Waals surface area contributed by atoms with Gasteiger partial charge in [0.15, 0.2) is 0 Å². The minimum Gasteiger partial charge on any atom is -0.324 e. The van der Waals surface area contributed by atoms with Crippen LogP contribution in [0.3, 0.4) is 0 Å². The molecule has 0 atom stereocenters. The topological polar surface area (TPSA) is 83.6 Å². The first-order chi connectivity index (χ1) is 9.08. The minimum absolute atomic E-state index is 0.101. The maximum atomic E-state index is 11.9. The zero-order valence-electron chi connectivity index (χ0n) is 10.7. The van der Waals surface area contributed by atoms with Gasteiger partial charge in [0.25, 0.3) is 0 Å². The molecule has 0 aliphatic heterocycles. The lowest BCUT2D eigenvalue weighted by molar-refractivity contribution is -0.116. The number of carbonyl (C=O) groups is 1. The molecule has 0 bridgehead atoms. The SMILES string of the molecule is Cc1nc(C)n(CC(=O)Nc2cccc(C#N)c2)n1. The number of aromatic nitrogens is 3. The molecule has 0 fully saturated rings. The Bertz CT molecular complexity index is 653. The maximum Gasteiger partial charge on any atom is 0.246 e. The van der Waals surface area contributed by atoms with Crippen LogP contribution < -0.4 is 5.32 Å². The van der Waals surface area contributed by atoms with Gasteiger partial charge in [-0.05, 0) is 32.0 Å². The van der Waals surface area contributed by atoms with Gasteiger partial charge >= 0.3 is 0 Å². The lowest BCUT2D eigenvalue weighted by atomic mass is 10.2. The van der Waals surface area contributed by atoms with Crippen LogP contribution in [-0.2, 0) is 11.3 Å². The van der Waals surface area contributed by atoms with Gasteiger partial charge in [-0.3, -0.25) is 4.79 Å². The fraction of sp³-hybridized carbons (Fsp3) is 0.231. The molecule has 0 saturated carbocycles. The van der Waals surface area contributed by atoms with Crippen LogP contribution in [0, 0.1) is 25.2 Å². The first-order valence-corrected chi connectivity index (χ1v) is 5.76. The van der Waals surface area contributed by atoms with E-state index >= 15 is 0 Å². The lowest BCUT2D eigenvalue weighted by Gasteiger charge is -2.06. The number of amides is 1. The molecule has 1 N–H and O–H groups in total. The van der Waals surface area contributed by atoms with Crippen molar-refractivity contribution in [2.75, 3.05) is 5.32 Å². The van der Waals surface area contributed by atoms with Crippen LogP contribution >= 0.6 is 0 Å². The molecular formula is C13H13N5O. The smallest absolute Gasteiger partial charge is 0.246 e. The average Bonchev–Trinajstić information content (AvgIpc) is 2.68. The molecule has 1 aromatic heterocycles. The summed E-state index contributed by atoms with van der Waals surface area (Å²) in [6.07, 6.45) is 0. The van der Waals surface area contributed by atoms with Crippen molar-refractivity contribution in [3.8, 4) is 6.07 Å². The summed E-state index contributed by atoms with van der Waals surface area (Å²) in [5, 5.41) is 15.6. The van der Waals surface area contributed by atoms with Crippen molar-refractivity contribution in [2.24, 2.45) is 0 Å². The highest BCUT2D eigenvalue weighted by molar-refractivity contribution is 5.90. The van der Waals surface area contributed by atoms with Crippen molar-refractivity contribution in [3.63, 3.8) is 0 Å². The summed E-state index contributed by atoms with van der Waals surface area (Å²) < 4.78 is 1.54. The van der Waals surface area contributed by atoms with Crippen LogP contribution in [0.2, 0.25) is 0 Å². The van der Waals surface area contributed by atoms with Crippen molar-refractivity contribution in [2.45, 2.75) is 20.4 Å². The van der Waals surface area contributed by atoms with Gasteiger partial charge in [-0.2, -0.15) is 10.4 Å². The molecule has 0 spiro atoms. The Kier molecular flexibility index (Phi) is 3.57. The summed E-state index contributed by atoms with van der Waals surface area (Å²) in [7, 11) is 0. The molecule has 0 radical (unpaired) electrons. The lowest BCUT2D eigenvalue weighted by Crippen LogP contribution is -2.20. The van der Waals surface area contributed by atoms with E-state index in [1.807, 2.05) is 6.07 Å². The third-order valence-corrected chi connectivity index (χ3v) is 2.53. The van der Waals surface area contributed by atoms with E-state index in [-0.39, 0.29) is 12.5 Å². The van der Waals surface area contributed by atoms with Crippen molar-refractivity contribution in [3.05, 3.63) is 41.5 Å². The number of hydrogen-bond acceptors (Lipinski definition) is 4. The van der Waals surface area contributed by atoms with Gasteiger partial charge in [0.05, 0.1) is 11.6 Å².